The van der Waals surface area contributed by atoms with Crippen LogP contribution in [0.5, 0.6) is 11.5 Å². The van der Waals surface area contributed by atoms with E-state index >= 15 is 0 Å². The first kappa shape index (κ1) is 25.9. The lowest BCUT2D eigenvalue weighted by molar-refractivity contribution is 0.0888. The third-order valence-electron chi connectivity index (χ3n) is 5.40. The van der Waals surface area contributed by atoms with E-state index in [1.807, 2.05) is 26.0 Å². The summed E-state index contributed by atoms with van der Waals surface area (Å²) in [6.45, 7) is 3.31. The van der Waals surface area contributed by atoms with Gasteiger partial charge in [0.15, 0.2) is 11.6 Å². The number of rotatable bonds is 12. The van der Waals surface area contributed by atoms with Crippen LogP contribution in [0.2, 0.25) is 0 Å². The molecule has 0 fully saturated rings. The zero-order valence-electron chi connectivity index (χ0n) is 19.0. The lowest BCUT2D eigenvalue weighted by Crippen LogP contribution is -2.24. The van der Waals surface area contributed by atoms with Gasteiger partial charge in [-0.25, -0.2) is 13.5 Å². The van der Waals surface area contributed by atoms with Gasteiger partial charge in [-0.15, -0.1) is 16.7 Å². The zero-order valence-corrected chi connectivity index (χ0v) is 19.8. The number of hydrogen-bond donors (Lipinski definition) is 2. The molecule has 1 aromatic heterocycles. The van der Waals surface area contributed by atoms with Crippen LogP contribution in [0.25, 0.3) is 0 Å². The molecule has 34 heavy (non-hydrogen) atoms. The maximum Gasteiger partial charge on any atom is 0.165 e. The van der Waals surface area contributed by atoms with Crippen LogP contribution in [0.4, 0.5) is 8.78 Å². The second-order valence-corrected chi connectivity index (χ2v) is 8.75. The SMILES string of the molecule is CC(C)(c1ccc(OCC(O)Cn2cc(CF)nn2)cc1)c1ccc(OCC(O)CCl)c(F)c1. The van der Waals surface area contributed by atoms with Gasteiger partial charge in [0.25, 0.3) is 0 Å². The van der Waals surface area contributed by atoms with E-state index < -0.39 is 30.1 Å². The van der Waals surface area contributed by atoms with Crippen LogP contribution in [-0.2, 0) is 18.6 Å². The number of aromatic nitrogens is 3. The van der Waals surface area contributed by atoms with Crippen molar-refractivity contribution in [2.75, 3.05) is 19.1 Å². The number of alkyl halides is 2. The molecule has 0 saturated carbocycles. The van der Waals surface area contributed by atoms with Gasteiger partial charge in [0.1, 0.15) is 43.5 Å². The Kier molecular flexibility index (Phi) is 8.82. The minimum absolute atomic E-state index is 0.00846. The molecular weight excluding hydrogens is 468 g/mol. The Hall–Kier alpha value is -2.75. The molecule has 1 heterocycles. The summed E-state index contributed by atoms with van der Waals surface area (Å²) in [6, 6.07) is 12.1. The average molecular weight is 496 g/mol. The minimum atomic E-state index is -0.865. The van der Waals surface area contributed by atoms with Crippen LogP contribution in [-0.4, -0.2) is 56.5 Å². The summed E-state index contributed by atoms with van der Waals surface area (Å²) in [5, 5.41) is 27.0. The molecule has 184 valence electrons. The number of halogens is 3. The van der Waals surface area contributed by atoms with Gasteiger partial charge < -0.3 is 19.7 Å². The molecule has 2 unspecified atom stereocenters. The van der Waals surface area contributed by atoms with Crippen molar-refractivity contribution in [2.45, 2.75) is 44.7 Å². The fraction of sp³-hybridized carbons (Fsp3) is 0.417. The van der Waals surface area contributed by atoms with Crippen LogP contribution in [0, 0.1) is 5.82 Å². The van der Waals surface area contributed by atoms with Crippen LogP contribution >= 0.6 is 11.6 Å². The van der Waals surface area contributed by atoms with Gasteiger partial charge in [-0.1, -0.05) is 37.3 Å². The predicted octanol–water partition coefficient (Wildman–Crippen LogP) is 3.63. The van der Waals surface area contributed by atoms with E-state index in [1.165, 1.54) is 23.0 Å². The summed E-state index contributed by atoms with van der Waals surface area (Å²) in [5.74, 6) is 0.105. The molecule has 0 spiro atoms. The molecule has 3 aromatic rings. The monoisotopic (exact) mass is 495 g/mol. The lowest BCUT2D eigenvalue weighted by Gasteiger charge is -2.27. The van der Waals surface area contributed by atoms with E-state index in [4.69, 9.17) is 21.1 Å². The first-order chi connectivity index (χ1) is 16.2. The van der Waals surface area contributed by atoms with Gasteiger partial charge in [0.05, 0.1) is 18.6 Å². The van der Waals surface area contributed by atoms with E-state index in [2.05, 4.69) is 10.3 Å². The molecule has 0 aliphatic heterocycles. The molecule has 2 aromatic carbocycles. The van der Waals surface area contributed by atoms with Crippen molar-refractivity contribution < 1.29 is 28.5 Å². The number of nitrogens with zero attached hydrogens (tertiary/aromatic N) is 3. The summed E-state index contributed by atoms with van der Waals surface area (Å²) in [5.41, 5.74) is 1.39. The fourth-order valence-electron chi connectivity index (χ4n) is 3.32. The quantitative estimate of drug-likeness (QED) is 0.373. The zero-order chi connectivity index (χ0) is 24.7. The van der Waals surface area contributed by atoms with Crippen molar-refractivity contribution in [3.05, 3.63) is 71.3 Å². The van der Waals surface area contributed by atoms with Crippen LogP contribution in [0.15, 0.2) is 48.7 Å². The first-order valence-electron chi connectivity index (χ1n) is 10.8. The van der Waals surface area contributed by atoms with Gasteiger partial charge in [0, 0.05) is 5.41 Å². The number of aliphatic hydroxyl groups is 2. The molecule has 0 radical (unpaired) electrons. The largest absolute Gasteiger partial charge is 0.491 e. The summed E-state index contributed by atoms with van der Waals surface area (Å²) < 4.78 is 39.4. The predicted molar refractivity (Wildman–Crippen MR) is 124 cm³/mol. The van der Waals surface area contributed by atoms with Crippen LogP contribution < -0.4 is 9.47 Å². The van der Waals surface area contributed by atoms with E-state index in [1.54, 1.807) is 18.2 Å². The van der Waals surface area contributed by atoms with Crippen molar-refractivity contribution >= 4 is 11.6 Å². The summed E-state index contributed by atoms with van der Waals surface area (Å²) >= 11 is 5.53. The van der Waals surface area contributed by atoms with Crippen molar-refractivity contribution in [3.63, 3.8) is 0 Å². The highest BCUT2D eigenvalue weighted by molar-refractivity contribution is 6.18. The van der Waals surface area contributed by atoms with E-state index in [9.17, 15) is 19.0 Å². The second kappa shape index (κ2) is 11.6. The van der Waals surface area contributed by atoms with Gasteiger partial charge in [-0.05, 0) is 35.4 Å². The highest BCUT2D eigenvalue weighted by Gasteiger charge is 2.25. The molecule has 2 N–H and O–H groups in total. The highest BCUT2D eigenvalue weighted by atomic mass is 35.5. The van der Waals surface area contributed by atoms with Gasteiger partial charge >= 0.3 is 0 Å². The third-order valence-corrected chi connectivity index (χ3v) is 5.76. The number of benzene rings is 2. The molecular formula is C24H28ClF2N3O4. The molecule has 3 rings (SSSR count). The van der Waals surface area contributed by atoms with Crippen molar-refractivity contribution in [1.82, 2.24) is 15.0 Å². The molecule has 0 aliphatic rings. The molecule has 0 bridgehead atoms. The van der Waals surface area contributed by atoms with E-state index in [0.29, 0.717) is 5.75 Å². The standard InChI is InChI=1S/C24H28ClF2N3O4/c1-24(2,17-5-8-23(22(27)9-17)34-14-19(31)10-25)16-3-6-21(7-4-16)33-15-20(32)13-30-12-18(11-26)28-29-30/h3-9,12,19-20,31-32H,10-11,13-15H2,1-2H3. The second-order valence-electron chi connectivity index (χ2n) is 8.44. The Morgan fingerprint density at radius 2 is 1.71 bits per heavy atom. The summed E-state index contributed by atoms with van der Waals surface area (Å²) in [4.78, 5) is 0. The van der Waals surface area contributed by atoms with E-state index in [-0.39, 0.29) is 37.1 Å². The molecule has 2 atom stereocenters. The van der Waals surface area contributed by atoms with Crippen molar-refractivity contribution in [3.8, 4) is 11.5 Å². The third kappa shape index (κ3) is 6.65. The molecule has 0 saturated heterocycles. The fourth-order valence-corrected chi connectivity index (χ4v) is 3.41. The molecule has 0 aliphatic carbocycles. The summed E-state index contributed by atoms with van der Waals surface area (Å²) in [6.07, 6.45) is -0.277. The minimum Gasteiger partial charge on any atom is -0.491 e. The topological polar surface area (TPSA) is 89.6 Å². The molecule has 7 nitrogen and oxygen atoms in total. The average Bonchev–Trinajstić information content (AvgIpc) is 3.29. The Morgan fingerprint density at radius 3 is 2.32 bits per heavy atom. The normalized spacial score (nSPS) is 13.5. The van der Waals surface area contributed by atoms with E-state index in [0.717, 1.165) is 11.1 Å². The smallest absolute Gasteiger partial charge is 0.165 e. The van der Waals surface area contributed by atoms with Gasteiger partial charge in [-0.2, -0.15) is 0 Å². The Morgan fingerprint density at radius 1 is 1.03 bits per heavy atom. The van der Waals surface area contributed by atoms with Crippen LogP contribution in [0.1, 0.15) is 30.7 Å². The van der Waals surface area contributed by atoms with Crippen LogP contribution in [0.3, 0.4) is 0 Å². The first-order valence-corrected chi connectivity index (χ1v) is 11.3. The maximum atomic E-state index is 14.6. The Bertz CT molecular complexity index is 1060. The Balaban J connectivity index is 1.59. The number of ether oxygens (including phenoxy) is 2. The maximum absolute atomic E-state index is 14.6. The highest BCUT2D eigenvalue weighted by Crippen LogP contribution is 2.34. The van der Waals surface area contributed by atoms with Gasteiger partial charge in [-0.3, -0.25) is 0 Å². The summed E-state index contributed by atoms with van der Waals surface area (Å²) in [7, 11) is 0. The molecule has 0 amide bonds. The lowest BCUT2D eigenvalue weighted by atomic mass is 9.78. The molecule has 10 heteroatoms. The van der Waals surface area contributed by atoms with Crippen molar-refractivity contribution in [2.24, 2.45) is 0 Å². The van der Waals surface area contributed by atoms with Crippen molar-refractivity contribution in [1.29, 1.82) is 0 Å². The van der Waals surface area contributed by atoms with Gasteiger partial charge in [0.2, 0.25) is 0 Å². The number of hydrogen-bond acceptors (Lipinski definition) is 6. The number of aliphatic hydroxyl groups excluding tert-OH is 2. The Labute approximate surface area is 201 Å².